The molecule has 0 amide bonds. The predicted molar refractivity (Wildman–Crippen MR) is 70.7 cm³/mol. The van der Waals surface area contributed by atoms with E-state index in [1.807, 2.05) is 13.0 Å². The van der Waals surface area contributed by atoms with E-state index in [0.717, 1.165) is 17.7 Å². The number of nitrogens with one attached hydrogen (secondary N) is 1. The van der Waals surface area contributed by atoms with Gasteiger partial charge in [-0.05, 0) is 48.6 Å². The Kier molecular flexibility index (Phi) is 3.92. The lowest BCUT2D eigenvalue weighted by Gasteiger charge is -2.13. The molecule has 1 atom stereocenters. The Hall–Kier alpha value is -1.19. The molecule has 1 heterocycles. The number of hydrogen-bond acceptors (Lipinski definition) is 2. The minimum absolute atomic E-state index is 0.169. The summed E-state index contributed by atoms with van der Waals surface area (Å²) in [5.74, 6) is -0.169. The summed E-state index contributed by atoms with van der Waals surface area (Å²) in [5.41, 5.74) is 2.14. The topological polar surface area (TPSA) is 12.0 Å². The third kappa shape index (κ3) is 3.14. The Balaban J connectivity index is 1.98. The minimum atomic E-state index is -0.169. The molecule has 0 radical (unpaired) electrons. The second-order valence-electron chi connectivity index (χ2n) is 4.19. The molecule has 1 N–H and O–H groups in total. The van der Waals surface area contributed by atoms with Gasteiger partial charge in [0.1, 0.15) is 5.82 Å². The normalized spacial score (nSPS) is 12.6. The van der Waals surface area contributed by atoms with Crippen LogP contribution in [0, 0.1) is 12.7 Å². The van der Waals surface area contributed by atoms with Crippen LogP contribution in [0.15, 0.2) is 35.7 Å². The van der Waals surface area contributed by atoms with Gasteiger partial charge < -0.3 is 5.32 Å². The first-order valence-corrected chi connectivity index (χ1v) is 6.56. The molecule has 0 saturated carbocycles. The van der Waals surface area contributed by atoms with Gasteiger partial charge in [0.15, 0.2) is 0 Å². The summed E-state index contributed by atoms with van der Waals surface area (Å²) in [4.78, 5) is 1.32. The maximum absolute atomic E-state index is 13.0. The zero-order valence-electron chi connectivity index (χ0n) is 10.0. The van der Waals surface area contributed by atoms with Gasteiger partial charge in [-0.3, -0.25) is 0 Å². The maximum Gasteiger partial charge on any atom is 0.123 e. The molecular formula is C14H16FNS. The van der Waals surface area contributed by atoms with Crippen molar-refractivity contribution in [1.29, 1.82) is 0 Å². The van der Waals surface area contributed by atoms with Gasteiger partial charge in [-0.1, -0.05) is 12.1 Å². The highest BCUT2D eigenvalue weighted by Crippen LogP contribution is 2.19. The molecule has 3 heteroatoms. The van der Waals surface area contributed by atoms with Crippen LogP contribution in [0.3, 0.4) is 0 Å². The average molecular weight is 249 g/mol. The summed E-state index contributed by atoms with van der Waals surface area (Å²) in [7, 11) is 0. The third-order valence-corrected chi connectivity index (χ3v) is 3.93. The van der Waals surface area contributed by atoms with E-state index in [1.165, 1.54) is 10.9 Å². The fourth-order valence-electron chi connectivity index (χ4n) is 1.76. The number of hydrogen-bond donors (Lipinski definition) is 1. The van der Waals surface area contributed by atoms with Crippen LogP contribution in [0.1, 0.15) is 29.0 Å². The largest absolute Gasteiger partial charge is 0.305 e. The van der Waals surface area contributed by atoms with Crippen LogP contribution in [0.4, 0.5) is 4.39 Å². The molecule has 1 nitrogen and oxygen atoms in total. The van der Waals surface area contributed by atoms with Crippen LogP contribution in [0.25, 0.3) is 0 Å². The van der Waals surface area contributed by atoms with E-state index in [1.54, 1.807) is 17.4 Å². The summed E-state index contributed by atoms with van der Waals surface area (Å²) < 4.78 is 13.0. The molecule has 1 aromatic carbocycles. The fourth-order valence-corrected chi connectivity index (χ4v) is 2.52. The van der Waals surface area contributed by atoms with Gasteiger partial charge in [-0.25, -0.2) is 4.39 Å². The Labute approximate surface area is 105 Å². The molecule has 2 aromatic rings. The molecule has 0 spiro atoms. The summed E-state index contributed by atoms with van der Waals surface area (Å²) in [5, 5.41) is 5.53. The quantitative estimate of drug-likeness (QED) is 0.862. The number of halogens is 1. The summed E-state index contributed by atoms with van der Waals surface area (Å²) in [6, 6.07) is 9.45. The molecular weight excluding hydrogens is 233 g/mol. The van der Waals surface area contributed by atoms with E-state index < -0.39 is 0 Å². The van der Waals surface area contributed by atoms with E-state index in [2.05, 4.69) is 29.8 Å². The number of thiophene rings is 1. The van der Waals surface area contributed by atoms with E-state index in [4.69, 9.17) is 0 Å². The molecule has 0 aliphatic rings. The highest BCUT2D eigenvalue weighted by atomic mass is 32.1. The van der Waals surface area contributed by atoms with Crippen LogP contribution in [0.2, 0.25) is 0 Å². The molecule has 17 heavy (non-hydrogen) atoms. The molecule has 0 fully saturated rings. The standard InChI is InChI=1S/C14H16FNS/c1-10-8-13(15)6-5-12(10)9-16-11(2)14-4-3-7-17-14/h3-8,11,16H,9H2,1-2H3/t11-/m1/s1. The number of rotatable bonds is 4. The molecule has 1 aromatic heterocycles. The second kappa shape index (κ2) is 5.43. The lowest BCUT2D eigenvalue weighted by molar-refractivity contribution is 0.578. The maximum atomic E-state index is 13.0. The monoisotopic (exact) mass is 249 g/mol. The van der Waals surface area contributed by atoms with Crippen LogP contribution in [0.5, 0.6) is 0 Å². The second-order valence-corrected chi connectivity index (χ2v) is 5.17. The Morgan fingerprint density at radius 3 is 2.82 bits per heavy atom. The SMILES string of the molecule is Cc1cc(F)ccc1CN[C@H](C)c1cccs1. The van der Waals surface area contributed by atoms with Crippen molar-refractivity contribution >= 4 is 11.3 Å². The van der Waals surface area contributed by atoms with Gasteiger partial charge >= 0.3 is 0 Å². The average Bonchev–Trinajstić information content (AvgIpc) is 2.81. The zero-order valence-corrected chi connectivity index (χ0v) is 10.9. The summed E-state index contributed by atoms with van der Waals surface area (Å²) >= 11 is 1.75. The first-order valence-electron chi connectivity index (χ1n) is 5.68. The molecule has 0 aliphatic heterocycles. The summed E-state index contributed by atoms with van der Waals surface area (Å²) in [6.45, 7) is 4.85. The van der Waals surface area contributed by atoms with E-state index in [-0.39, 0.29) is 5.82 Å². The molecule has 90 valence electrons. The highest BCUT2D eigenvalue weighted by molar-refractivity contribution is 7.10. The van der Waals surface area contributed by atoms with Gasteiger partial charge in [-0.2, -0.15) is 0 Å². The molecule has 0 aliphatic carbocycles. The number of aryl methyl sites for hydroxylation is 1. The molecule has 2 rings (SSSR count). The smallest absolute Gasteiger partial charge is 0.123 e. The fraction of sp³-hybridized carbons (Fsp3) is 0.286. The van der Waals surface area contributed by atoms with Crippen molar-refractivity contribution in [3.63, 3.8) is 0 Å². The lowest BCUT2D eigenvalue weighted by atomic mass is 10.1. The van der Waals surface area contributed by atoms with Crippen LogP contribution in [-0.4, -0.2) is 0 Å². The molecule has 0 saturated heterocycles. The molecule has 0 bridgehead atoms. The summed E-state index contributed by atoms with van der Waals surface area (Å²) in [6.07, 6.45) is 0. The van der Waals surface area contributed by atoms with Crippen molar-refractivity contribution in [3.8, 4) is 0 Å². The lowest BCUT2D eigenvalue weighted by Crippen LogP contribution is -2.17. The van der Waals surface area contributed by atoms with Crippen molar-refractivity contribution < 1.29 is 4.39 Å². The van der Waals surface area contributed by atoms with Gasteiger partial charge in [0.2, 0.25) is 0 Å². The predicted octanol–water partition coefficient (Wildman–Crippen LogP) is 4.05. The molecule has 0 unspecified atom stereocenters. The van der Waals surface area contributed by atoms with Crippen molar-refractivity contribution in [1.82, 2.24) is 5.32 Å². The van der Waals surface area contributed by atoms with E-state index in [9.17, 15) is 4.39 Å². The highest BCUT2D eigenvalue weighted by Gasteiger charge is 2.06. The first-order chi connectivity index (χ1) is 8.16. The van der Waals surface area contributed by atoms with Crippen LogP contribution in [-0.2, 0) is 6.54 Å². The number of benzene rings is 1. The van der Waals surface area contributed by atoms with Crippen LogP contribution >= 0.6 is 11.3 Å². The van der Waals surface area contributed by atoms with E-state index in [0.29, 0.717) is 6.04 Å². The van der Waals surface area contributed by atoms with Crippen LogP contribution < -0.4 is 5.32 Å². The zero-order chi connectivity index (χ0) is 12.3. The first kappa shape index (κ1) is 12.3. The Morgan fingerprint density at radius 2 is 2.18 bits per heavy atom. The van der Waals surface area contributed by atoms with E-state index >= 15 is 0 Å². The van der Waals surface area contributed by atoms with Crippen molar-refractivity contribution in [3.05, 3.63) is 57.5 Å². The minimum Gasteiger partial charge on any atom is -0.305 e. The van der Waals surface area contributed by atoms with Crippen molar-refractivity contribution in [2.75, 3.05) is 0 Å². The van der Waals surface area contributed by atoms with Gasteiger partial charge in [-0.15, -0.1) is 11.3 Å². The van der Waals surface area contributed by atoms with Gasteiger partial charge in [0.25, 0.3) is 0 Å². The Bertz CT molecular complexity index is 479. The Morgan fingerprint density at radius 1 is 1.35 bits per heavy atom. The van der Waals surface area contributed by atoms with Crippen molar-refractivity contribution in [2.45, 2.75) is 26.4 Å². The van der Waals surface area contributed by atoms with Gasteiger partial charge in [0, 0.05) is 17.5 Å². The van der Waals surface area contributed by atoms with Crippen molar-refractivity contribution in [2.24, 2.45) is 0 Å². The van der Waals surface area contributed by atoms with Gasteiger partial charge in [0.05, 0.1) is 0 Å². The third-order valence-electron chi connectivity index (χ3n) is 2.87.